The molecule has 2 aromatic rings. The van der Waals surface area contributed by atoms with Crippen molar-refractivity contribution in [2.24, 2.45) is 0 Å². The lowest BCUT2D eigenvalue weighted by atomic mass is 10.1. The smallest absolute Gasteiger partial charge is 0.141 e. The number of hydrogen-bond acceptors (Lipinski definition) is 2. The summed E-state index contributed by atoms with van der Waals surface area (Å²) in [6.45, 7) is 5.99. The third-order valence-corrected chi connectivity index (χ3v) is 4.19. The highest BCUT2D eigenvalue weighted by Gasteiger charge is 2.06. The van der Waals surface area contributed by atoms with Gasteiger partial charge in [-0.3, -0.25) is 0 Å². The molecule has 0 amide bonds. The Balaban J connectivity index is 2.16. The maximum atomic E-state index is 6.13. The summed E-state index contributed by atoms with van der Waals surface area (Å²) in [4.78, 5) is 0. The van der Waals surface area contributed by atoms with Crippen LogP contribution < -0.4 is 10.1 Å². The van der Waals surface area contributed by atoms with Crippen molar-refractivity contribution in [3.63, 3.8) is 0 Å². The molecule has 2 aromatic carbocycles. The van der Waals surface area contributed by atoms with Gasteiger partial charge in [0, 0.05) is 11.6 Å². The first-order valence-corrected chi connectivity index (χ1v) is 8.26. The normalized spacial score (nSPS) is 10.7. The quantitative estimate of drug-likeness (QED) is 0.720. The molecule has 0 heterocycles. The topological polar surface area (TPSA) is 21.3 Å². The zero-order valence-electron chi connectivity index (χ0n) is 12.2. The molecule has 0 spiro atoms. The number of hydrogen-bond donors (Lipinski definition) is 1. The van der Waals surface area contributed by atoms with Gasteiger partial charge in [-0.2, -0.15) is 0 Å². The molecule has 0 atom stereocenters. The van der Waals surface area contributed by atoms with Gasteiger partial charge >= 0.3 is 0 Å². The van der Waals surface area contributed by atoms with Crippen LogP contribution in [-0.2, 0) is 13.0 Å². The lowest BCUT2D eigenvalue weighted by Crippen LogP contribution is -2.11. The van der Waals surface area contributed by atoms with Gasteiger partial charge in [0.05, 0.1) is 4.47 Å². The minimum Gasteiger partial charge on any atom is -0.456 e. The molecule has 0 unspecified atom stereocenters. The molecule has 0 aliphatic carbocycles. The van der Waals surface area contributed by atoms with Crippen molar-refractivity contribution in [1.29, 1.82) is 0 Å². The fourth-order valence-corrected chi connectivity index (χ4v) is 2.78. The SMILES string of the molecule is CCNCc1ccc(Oc2ccc(Cl)c(CC)c2)c(Br)c1. The van der Waals surface area contributed by atoms with Gasteiger partial charge in [-0.15, -0.1) is 0 Å². The van der Waals surface area contributed by atoms with E-state index in [1.807, 2.05) is 24.3 Å². The van der Waals surface area contributed by atoms with Crippen LogP contribution in [-0.4, -0.2) is 6.54 Å². The first-order chi connectivity index (χ1) is 10.1. The molecule has 1 N–H and O–H groups in total. The second-order valence-corrected chi connectivity index (χ2v) is 6.02. The third-order valence-electron chi connectivity index (χ3n) is 3.20. The molecular weight excluding hydrogens is 350 g/mol. The Morgan fingerprint density at radius 2 is 1.95 bits per heavy atom. The highest BCUT2D eigenvalue weighted by molar-refractivity contribution is 9.10. The van der Waals surface area contributed by atoms with E-state index >= 15 is 0 Å². The van der Waals surface area contributed by atoms with Crippen molar-refractivity contribution in [2.45, 2.75) is 26.8 Å². The van der Waals surface area contributed by atoms with E-state index in [2.05, 4.69) is 47.2 Å². The van der Waals surface area contributed by atoms with Crippen molar-refractivity contribution in [1.82, 2.24) is 5.32 Å². The molecule has 0 aliphatic heterocycles. The zero-order chi connectivity index (χ0) is 15.2. The van der Waals surface area contributed by atoms with Crippen LogP contribution in [0.2, 0.25) is 5.02 Å². The summed E-state index contributed by atoms with van der Waals surface area (Å²) in [5.74, 6) is 1.61. The van der Waals surface area contributed by atoms with Crippen molar-refractivity contribution >= 4 is 27.5 Å². The van der Waals surface area contributed by atoms with Gasteiger partial charge in [0.1, 0.15) is 11.5 Å². The lowest BCUT2D eigenvalue weighted by Gasteiger charge is -2.11. The summed E-state index contributed by atoms with van der Waals surface area (Å²) in [5, 5.41) is 4.09. The van der Waals surface area contributed by atoms with E-state index in [4.69, 9.17) is 16.3 Å². The number of halogens is 2. The summed E-state index contributed by atoms with van der Waals surface area (Å²) in [6.07, 6.45) is 0.888. The lowest BCUT2D eigenvalue weighted by molar-refractivity contribution is 0.478. The number of rotatable bonds is 6. The largest absolute Gasteiger partial charge is 0.456 e. The molecule has 2 nitrogen and oxygen atoms in total. The van der Waals surface area contributed by atoms with Crippen LogP contribution in [0.3, 0.4) is 0 Å². The predicted octanol–water partition coefficient (Wildman–Crippen LogP) is 5.57. The average Bonchev–Trinajstić information content (AvgIpc) is 2.49. The summed E-state index contributed by atoms with van der Waals surface area (Å²) in [7, 11) is 0. The zero-order valence-corrected chi connectivity index (χ0v) is 14.6. The van der Waals surface area contributed by atoms with Gasteiger partial charge in [-0.05, 0) is 70.4 Å². The Labute approximate surface area is 139 Å². The van der Waals surface area contributed by atoms with Crippen LogP contribution in [0.5, 0.6) is 11.5 Å². The van der Waals surface area contributed by atoms with Crippen molar-refractivity contribution in [3.05, 3.63) is 57.0 Å². The average molecular weight is 369 g/mol. The molecule has 2 rings (SSSR count). The molecule has 112 valence electrons. The molecule has 0 saturated carbocycles. The van der Waals surface area contributed by atoms with E-state index in [9.17, 15) is 0 Å². The number of aryl methyl sites for hydroxylation is 1. The molecule has 0 aliphatic rings. The van der Waals surface area contributed by atoms with E-state index in [-0.39, 0.29) is 0 Å². The fraction of sp³-hybridized carbons (Fsp3) is 0.294. The summed E-state index contributed by atoms with van der Waals surface area (Å²) in [6, 6.07) is 11.9. The van der Waals surface area contributed by atoms with Crippen LogP contribution in [0.25, 0.3) is 0 Å². The standard InChI is InChI=1S/C17H19BrClNO/c1-3-13-10-14(6-7-16(13)19)21-17-8-5-12(9-15(17)18)11-20-4-2/h5-10,20H,3-4,11H2,1-2H3. The van der Waals surface area contributed by atoms with E-state index in [0.717, 1.165) is 46.1 Å². The Kier molecular flexibility index (Phi) is 6.09. The molecule has 0 radical (unpaired) electrons. The van der Waals surface area contributed by atoms with Crippen LogP contribution >= 0.6 is 27.5 Å². The second-order valence-electron chi connectivity index (χ2n) is 4.75. The first-order valence-electron chi connectivity index (χ1n) is 7.09. The molecule has 0 aromatic heterocycles. The summed E-state index contributed by atoms with van der Waals surface area (Å²) in [5.41, 5.74) is 2.32. The second kappa shape index (κ2) is 7.83. The maximum absolute atomic E-state index is 6.13. The van der Waals surface area contributed by atoms with Gasteiger partial charge in [0.2, 0.25) is 0 Å². The van der Waals surface area contributed by atoms with Gasteiger partial charge in [-0.25, -0.2) is 0 Å². The van der Waals surface area contributed by atoms with Crippen molar-refractivity contribution in [2.75, 3.05) is 6.54 Å². The maximum Gasteiger partial charge on any atom is 0.141 e. The van der Waals surface area contributed by atoms with Gasteiger partial charge in [-0.1, -0.05) is 31.5 Å². The van der Waals surface area contributed by atoms with E-state index < -0.39 is 0 Å². The molecule has 0 saturated heterocycles. The number of nitrogens with one attached hydrogen (secondary N) is 1. The molecule has 21 heavy (non-hydrogen) atoms. The molecule has 0 bridgehead atoms. The molecule has 0 fully saturated rings. The van der Waals surface area contributed by atoms with Crippen LogP contribution in [0, 0.1) is 0 Å². The Bertz CT molecular complexity index is 616. The first kappa shape index (κ1) is 16.3. The Morgan fingerprint density at radius 3 is 2.62 bits per heavy atom. The summed E-state index contributed by atoms with van der Waals surface area (Å²) >= 11 is 9.70. The van der Waals surface area contributed by atoms with Crippen LogP contribution in [0.1, 0.15) is 25.0 Å². The predicted molar refractivity (Wildman–Crippen MR) is 92.4 cm³/mol. The van der Waals surface area contributed by atoms with E-state index in [0.29, 0.717) is 0 Å². The minimum absolute atomic E-state index is 0.782. The van der Waals surface area contributed by atoms with Gasteiger partial charge in [0.15, 0.2) is 0 Å². The monoisotopic (exact) mass is 367 g/mol. The Morgan fingerprint density at radius 1 is 1.14 bits per heavy atom. The molecule has 4 heteroatoms. The highest BCUT2D eigenvalue weighted by Crippen LogP contribution is 2.32. The van der Waals surface area contributed by atoms with Crippen molar-refractivity contribution < 1.29 is 4.74 Å². The fourth-order valence-electron chi connectivity index (χ4n) is 2.02. The van der Waals surface area contributed by atoms with Crippen LogP contribution in [0.15, 0.2) is 40.9 Å². The third kappa shape index (κ3) is 4.47. The minimum atomic E-state index is 0.782. The Hall–Kier alpha value is -1.03. The van der Waals surface area contributed by atoms with Crippen LogP contribution in [0.4, 0.5) is 0 Å². The highest BCUT2D eigenvalue weighted by atomic mass is 79.9. The van der Waals surface area contributed by atoms with E-state index in [1.54, 1.807) is 0 Å². The van der Waals surface area contributed by atoms with Gasteiger partial charge < -0.3 is 10.1 Å². The number of ether oxygens (including phenoxy) is 1. The van der Waals surface area contributed by atoms with E-state index in [1.165, 1.54) is 5.56 Å². The van der Waals surface area contributed by atoms with Crippen molar-refractivity contribution in [3.8, 4) is 11.5 Å². The summed E-state index contributed by atoms with van der Waals surface area (Å²) < 4.78 is 6.89. The van der Waals surface area contributed by atoms with Gasteiger partial charge in [0.25, 0.3) is 0 Å². The number of benzene rings is 2. The molecular formula is C17H19BrClNO.